The van der Waals surface area contributed by atoms with Gasteiger partial charge in [0.25, 0.3) is 5.91 Å². The first-order valence-corrected chi connectivity index (χ1v) is 7.54. The van der Waals surface area contributed by atoms with Crippen molar-refractivity contribution in [3.05, 3.63) is 53.6 Å². The summed E-state index contributed by atoms with van der Waals surface area (Å²) in [5.41, 5.74) is 2.51. The van der Waals surface area contributed by atoms with Crippen LogP contribution in [0.3, 0.4) is 0 Å². The molecule has 0 spiro atoms. The fraction of sp³-hybridized carbons (Fsp3) is 0.278. The molecule has 0 saturated carbocycles. The van der Waals surface area contributed by atoms with E-state index in [1.54, 1.807) is 13.0 Å². The molecular weight excluding hydrogens is 335 g/mol. The number of carbonyl (C=O) groups excluding carboxylic acids is 1. The van der Waals surface area contributed by atoms with Crippen molar-refractivity contribution in [1.29, 1.82) is 0 Å². The van der Waals surface area contributed by atoms with Crippen molar-refractivity contribution >= 4 is 11.6 Å². The number of rotatable bonds is 5. The molecule has 0 saturated heterocycles. The third-order valence-corrected chi connectivity index (χ3v) is 3.52. The van der Waals surface area contributed by atoms with Gasteiger partial charge in [-0.05, 0) is 68.3 Å². The quantitative estimate of drug-likeness (QED) is 0.854. The highest BCUT2D eigenvalue weighted by atomic mass is 19.4. The normalized spacial score (nSPS) is 12.4. The molecule has 0 heterocycles. The summed E-state index contributed by atoms with van der Waals surface area (Å²) in [6.07, 6.45) is -5.52. The van der Waals surface area contributed by atoms with Crippen molar-refractivity contribution < 1.29 is 27.4 Å². The molecule has 0 bridgehead atoms. The fourth-order valence-electron chi connectivity index (χ4n) is 2.03. The number of nitrogens with one attached hydrogen (secondary N) is 1. The molecule has 25 heavy (non-hydrogen) atoms. The van der Waals surface area contributed by atoms with Gasteiger partial charge in [-0.25, -0.2) is 0 Å². The Morgan fingerprint density at radius 3 is 2.16 bits per heavy atom. The minimum absolute atomic E-state index is 0.343. The number of ether oxygens (including phenoxy) is 2. The molecule has 0 unspecified atom stereocenters. The van der Waals surface area contributed by atoms with E-state index in [-0.39, 0.29) is 5.75 Å². The summed E-state index contributed by atoms with van der Waals surface area (Å²) >= 11 is 0. The number of aryl methyl sites for hydroxylation is 2. The minimum Gasteiger partial charge on any atom is -0.481 e. The number of hydrogen-bond acceptors (Lipinski definition) is 3. The van der Waals surface area contributed by atoms with Crippen LogP contribution in [0.15, 0.2) is 42.5 Å². The zero-order valence-electron chi connectivity index (χ0n) is 14.0. The first kappa shape index (κ1) is 18.6. The molecule has 7 heteroatoms. The summed E-state index contributed by atoms with van der Waals surface area (Å²) in [5, 5.41) is 2.58. The average Bonchev–Trinajstić information content (AvgIpc) is 2.51. The van der Waals surface area contributed by atoms with Crippen LogP contribution in [-0.2, 0) is 4.79 Å². The number of hydrogen-bond donors (Lipinski definition) is 1. The molecule has 1 N–H and O–H groups in total. The van der Waals surface area contributed by atoms with Crippen LogP contribution in [0.2, 0.25) is 0 Å². The standard InChI is InChI=1S/C18H18F3NO3/c1-11-4-7-16(10-12(11)2)24-13(3)17(23)22-14-5-8-15(9-6-14)25-18(19,20)21/h4-10,13H,1-3H3,(H,22,23)/t13-/m0/s1. The molecule has 1 atom stereocenters. The molecule has 134 valence electrons. The van der Waals surface area contributed by atoms with E-state index in [0.29, 0.717) is 11.4 Å². The predicted molar refractivity (Wildman–Crippen MR) is 87.8 cm³/mol. The fourth-order valence-corrected chi connectivity index (χ4v) is 2.03. The Bertz CT molecular complexity index is 742. The Labute approximate surface area is 143 Å². The Balaban J connectivity index is 1.95. The first-order valence-electron chi connectivity index (χ1n) is 7.54. The maximum Gasteiger partial charge on any atom is 0.573 e. The molecule has 2 rings (SSSR count). The SMILES string of the molecule is Cc1ccc(O[C@@H](C)C(=O)Nc2ccc(OC(F)(F)F)cc2)cc1C. The van der Waals surface area contributed by atoms with E-state index in [1.165, 1.54) is 12.1 Å². The second-order valence-electron chi connectivity index (χ2n) is 5.57. The monoisotopic (exact) mass is 353 g/mol. The van der Waals surface area contributed by atoms with Crippen LogP contribution in [0.4, 0.5) is 18.9 Å². The molecule has 4 nitrogen and oxygen atoms in total. The number of benzene rings is 2. The highest BCUT2D eigenvalue weighted by Gasteiger charge is 2.31. The first-order chi connectivity index (χ1) is 11.6. The summed E-state index contributed by atoms with van der Waals surface area (Å²) in [5.74, 6) is -0.202. The maximum absolute atomic E-state index is 12.1. The molecule has 0 radical (unpaired) electrons. The summed E-state index contributed by atoms with van der Waals surface area (Å²) < 4.78 is 45.7. The van der Waals surface area contributed by atoms with Gasteiger partial charge in [0.1, 0.15) is 11.5 Å². The Kier molecular flexibility index (Phi) is 5.56. The number of anilines is 1. The number of alkyl halides is 3. The molecule has 0 aliphatic heterocycles. The third-order valence-electron chi connectivity index (χ3n) is 3.52. The molecule has 1 amide bonds. The zero-order valence-corrected chi connectivity index (χ0v) is 14.0. The van der Waals surface area contributed by atoms with Gasteiger partial charge >= 0.3 is 6.36 Å². The summed E-state index contributed by atoms with van der Waals surface area (Å²) in [7, 11) is 0. The number of carbonyl (C=O) groups is 1. The van der Waals surface area contributed by atoms with E-state index in [0.717, 1.165) is 23.3 Å². The number of halogens is 3. The van der Waals surface area contributed by atoms with Gasteiger partial charge in [-0.2, -0.15) is 0 Å². The van der Waals surface area contributed by atoms with Crippen LogP contribution in [0.25, 0.3) is 0 Å². The van der Waals surface area contributed by atoms with Crippen LogP contribution >= 0.6 is 0 Å². The lowest BCUT2D eigenvalue weighted by molar-refractivity contribution is -0.274. The van der Waals surface area contributed by atoms with Crippen LogP contribution in [0.1, 0.15) is 18.1 Å². The van der Waals surface area contributed by atoms with Gasteiger partial charge in [-0.3, -0.25) is 4.79 Å². The predicted octanol–water partition coefficient (Wildman–Crippen LogP) is 4.61. The lowest BCUT2D eigenvalue weighted by atomic mass is 10.1. The van der Waals surface area contributed by atoms with Crippen molar-refractivity contribution in [2.24, 2.45) is 0 Å². The largest absolute Gasteiger partial charge is 0.573 e. The van der Waals surface area contributed by atoms with Gasteiger partial charge in [-0.15, -0.1) is 13.2 Å². The van der Waals surface area contributed by atoms with Crippen molar-refractivity contribution in [1.82, 2.24) is 0 Å². The van der Waals surface area contributed by atoms with Crippen molar-refractivity contribution in [3.63, 3.8) is 0 Å². The van der Waals surface area contributed by atoms with Gasteiger partial charge in [0.05, 0.1) is 0 Å². The van der Waals surface area contributed by atoms with Gasteiger partial charge in [0, 0.05) is 5.69 Å². The highest BCUT2D eigenvalue weighted by Crippen LogP contribution is 2.24. The topological polar surface area (TPSA) is 47.6 Å². The van der Waals surface area contributed by atoms with Gasteiger partial charge in [0.2, 0.25) is 0 Å². The van der Waals surface area contributed by atoms with E-state index in [4.69, 9.17) is 4.74 Å². The van der Waals surface area contributed by atoms with Crippen LogP contribution in [0, 0.1) is 13.8 Å². The zero-order chi connectivity index (χ0) is 18.6. The number of amides is 1. The van der Waals surface area contributed by atoms with Crippen LogP contribution in [-0.4, -0.2) is 18.4 Å². The van der Waals surface area contributed by atoms with E-state index >= 15 is 0 Å². The van der Waals surface area contributed by atoms with Crippen LogP contribution in [0.5, 0.6) is 11.5 Å². The molecule has 2 aromatic rings. The Morgan fingerprint density at radius 1 is 1.00 bits per heavy atom. The molecule has 0 fully saturated rings. The van der Waals surface area contributed by atoms with Gasteiger partial charge in [-0.1, -0.05) is 6.07 Å². The van der Waals surface area contributed by atoms with Crippen LogP contribution < -0.4 is 14.8 Å². The van der Waals surface area contributed by atoms with Crippen molar-refractivity contribution in [2.75, 3.05) is 5.32 Å². The molecular formula is C18H18F3NO3. The molecule has 2 aromatic carbocycles. The Morgan fingerprint density at radius 2 is 1.60 bits per heavy atom. The van der Waals surface area contributed by atoms with E-state index < -0.39 is 18.4 Å². The summed E-state index contributed by atoms with van der Waals surface area (Å²) in [6.45, 7) is 5.50. The summed E-state index contributed by atoms with van der Waals surface area (Å²) in [4.78, 5) is 12.1. The average molecular weight is 353 g/mol. The van der Waals surface area contributed by atoms with Crippen molar-refractivity contribution in [3.8, 4) is 11.5 Å². The molecule has 0 aliphatic carbocycles. The highest BCUT2D eigenvalue weighted by molar-refractivity contribution is 5.94. The third kappa shape index (κ3) is 5.70. The lowest BCUT2D eigenvalue weighted by Gasteiger charge is -2.16. The Hall–Kier alpha value is -2.70. The maximum atomic E-state index is 12.1. The summed E-state index contributed by atoms with van der Waals surface area (Å²) in [6, 6.07) is 10.4. The van der Waals surface area contributed by atoms with Gasteiger partial charge < -0.3 is 14.8 Å². The molecule has 0 aromatic heterocycles. The van der Waals surface area contributed by atoms with Crippen molar-refractivity contribution in [2.45, 2.75) is 33.2 Å². The second-order valence-corrected chi connectivity index (χ2v) is 5.57. The van der Waals surface area contributed by atoms with E-state index in [2.05, 4.69) is 10.1 Å². The van der Waals surface area contributed by atoms with Gasteiger partial charge in [0.15, 0.2) is 6.10 Å². The lowest BCUT2D eigenvalue weighted by Crippen LogP contribution is -2.30. The molecule has 0 aliphatic rings. The second kappa shape index (κ2) is 7.46. The smallest absolute Gasteiger partial charge is 0.481 e. The minimum atomic E-state index is -4.75. The van der Waals surface area contributed by atoms with E-state index in [1.807, 2.05) is 26.0 Å². The van der Waals surface area contributed by atoms with E-state index in [9.17, 15) is 18.0 Å².